The van der Waals surface area contributed by atoms with E-state index in [4.69, 9.17) is 0 Å². The zero-order valence-electron chi connectivity index (χ0n) is 4.27. The van der Waals surface area contributed by atoms with Crippen LogP contribution in [0.5, 0.6) is 0 Å². The van der Waals surface area contributed by atoms with Crippen molar-refractivity contribution in [2.75, 3.05) is 7.11 Å². The minimum atomic E-state index is -5.34. The van der Waals surface area contributed by atoms with Crippen LogP contribution in [0.4, 0.5) is 13.2 Å². The van der Waals surface area contributed by atoms with Crippen LogP contribution in [0.3, 0.4) is 0 Å². The summed E-state index contributed by atoms with van der Waals surface area (Å²) in [5.41, 5.74) is -5.30. The van der Waals surface area contributed by atoms with E-state index in [1.54, 1.807) is 0 Å². The Hall–Kier alpha value is -0.300. The predicted octanol–water partition coefficient (Wildman–Crippen LogP) is 1.12. The maximum atomic E-state index is 11.1. The van der Waals surface area contributed by atoms with Gasteiger partial charge in [-0.2, -0.15) is 21.6 Å². The van der Waals surface area contributed by atoms with Crippen molar-refractivity contribution in [3.05, 3.63) is 0 Å². The molecule has 0 aliphatic carbocycles. The summed E-state index contributed by atoms with van der Waals surface area (Å²) in [6.45, 7) is 0. The second kappa shape index (κ2) is 3.20. The van der Waals surface area contributed by atoms with Crippen molar-refractivity contribution in [1.29, 1.82) is 0 Å². The maximum Gasteiger partial charge on any atom is 0.523 e. The van der Waals surface area contributed by atoms with Gasteiger partial charge >= 0.3 is 15.6 Å². The first-order valence-corrected chi connectivity index (χ1v) is 3.09. The third-order valence-corrected chi connectivity index (χ3v) is 1.51. The van der Waals surface area contributed by atoms with Gasteiger partial charge in [-0.1, -0.05) is 7.43 Å². The average molecular weight is 179 g/mol. The van der Waals surface area contributed by atoms with Crippen LogP contribution >= 0.6 is 0 Å². The topological polar surface area (TPSA) is 43.4 Å². The molecule has 0 spiro atoms. The fourth-order valence-corrected chi connectivity index (χ4v) is 0.283. The van der Waals surface area contributed by atoms with Gasteiger partial charge in [-0.25, -0.2) is 0 Å². The van der Waals surface area contributed by atoms with Crippen LogP contribution in [0.15, 0.2) is 0 Å². The molecular weight excluding hydrogens is 172 g/mol. The molecule has 10 heavy (non-hydrogen) atoms. The van der Waals surface area contributed by atoms with Crippen molar-refractivity contribution >= 4 is 10.1 Å². The lowest BCUT2D eigenvalue weighted by Crippen LogP contribution is -2.23. The molecule has 0 fully saturated rings. The minimum absolute atomic E-state index is 0. The fraction of sp³-hybridized carbons (Fsp3) is 1.00. The highest BCUT2D eigenvalue weighted by Gasteiger charge is 2.46. The zero-order chi connectivity index (χ0) is 7.71. The zero-order valence-corrected chi connectivity index (χ0v) is 5.08. The highest BCUT2D eigenvalue weighted by molar-refractivity contribution is 7.87. The van der Waals surface area contributed by atoms with Crippen LogP contribution in [0, 0.1) is 0 Å². The highest BCUT2D eigenvalue weighted by Crippen LogP contribution is 2.23. The molecule has 0 amide bonds. The predicted molar refractivity (Wildman–Crippen MR) is 28.7 cm³/mol. The average Bonchev–Trinajstić information content (AvgIpc) is 1.64. The number of hydrogen-bond donors (Lipinski definition) is 0. The lowest BCUT2D eigenvalue weighted by Gasteiger charge is -2.02. The SMILES string of the molecule is COS(=O)(=O)C(F)(F)F.[11CH4]. The second-order valence-corrected chi connectivity index (χ2v) is 2.77. The van der Waals surface area contributed by atoms with Gasteiger partial charge in [-0.3, -0.25) is 4.18 Å². The Labute approximate surface area is 56.9 Å². The summed E-state index contributed by atoms with van der Waals surface area (Å²) in [6.07, 6.45) is 0. The summed E-state index contributed by atoms with van der Waals surface area (Å²) in [4.78, 5) is 0. The number of hydrogen-bond acceptors (Lipinski definition) is 3. The van der Waals surface area contributed by atoms with Crippen molar-refractivity contribution in [3.63, 3.8) is 0 Å². The van der Waals surface area contributed by atoms with Gasteiger partial charge in [-0.05, 0) is 0 Å². The molecule has 0 atom stereocenters. The third kappa shape index (κ3) is 2.53. The van der Waals surface area contributed by atoms with E-state index in [2.05, 4.69) is 4.18 Å². The Bertz CT molecular complexity index is 180. The van der Waals surface area contributed by atoms with E-state index in [0.717, 1.165) is 0 Å². The van der Waals surface area contributed by atoms with Crippen molar-refractivity contribution in [3.8, 4) is 0 Å². The second-order valence-electron chi connectivity index (χ2n) is 1.07. The van der Waals surface area contributed by atoms with Crippen LogP contribution in [0.25, 0.3) is 0 Å². The van der Waals surface area contributed by atoms with Crippen LogP contribution in [0.1, 0.15) is 7.43 Å². The van der Waals surface area contributed by atoms with Crippen molar-refractivity contribution < 1.29 is 25.8 Å². The summed E-state index contributed by atoms with van der Waals surface area (Å²) >= 11 is 0. The molecule has 0 rings (SSSR count). The lowest BCUT2D eigenvalue weighted by molar-refractivity contribution is -0.0526. The molecule has 0 heterocycles. The Morgan fingerprint density at radius 3 is 1.60 bits per heavy atom. The summed E-state index contributed by atoms with van der Waals surface area (Å²) in [6, 6.07) is 0. The van der Waals surface area contributed by atoms with Crippen LogP contribution in [-0.4, -0.2) is 21.0 Å². The Morgan fingerprint density at radius 2 is 1.60 bits per heavy atom. The molecule has 0 aromatic heterocycles. The number of rotatable bonds is 1. The normalized spacial score (nSPS) is 12.4. The Balaban J connectivity index is 0. The van der Waals surface area contributed by atoms with Crippen molar-refractivity contribution in [2.45, 2.75) is 12.9 Å². The maximum absolute atomic E-state index is 11.1. The van der Waals surface area contributed by atoms with E-state index in [0.29, 0.717) is 7.11 Å². The Morgan fingerprint density at radius 1 is 1.30 bits per heavy atom. The lowest BCUT2D eigenvalue weighted by atomic mass is 11.0. The molecule has 0 aliphatic rings. The molecule has 0 bridgehead atoms. The van der Waals surface area contributed by atoms with Gasteiger partial charge in [0.25, 0.3) is 0 Å². The third-order valence-electron chi connectivity index (χ3n) is 0.503. The van der Waals surface area contributed by atoms with E-state index >= 15 is 0 Å². The van der Waals surface area contributed by atoms with Gasteiger partial charge in [0.05, 0.1) is 7.11 Å². The smallest absolute Gasteiger partial charge is 0.267 e. The standard InChI is InChI=1S/C2H3F3O3S.CH4/c1-8-9(6,7)2(3,4)5;/h1H3;1H4/i;1-1. The first-order chi connectivity index (χ1) is 3.81. The van der Waals surface area contributed by atoms with E-state index in [1.807, 2.05) is 0 Å². The van der Waals surface area contributed by atoms with Gasteiger partial charge in [0.2, 0.25) is 0 Å². The highest BCUT2D eigenvalue weighted by atomic mass is 32.2. The first-order valence-electron chi connectivity index (χ1n) is 1.68. The largest absolute Gasteiger partial charge is 0.523 e. The summed E-state index contributed by atoms with van der Waals surface area (Å²) < 4.78 is 55.9. The van der Waals surface area contributed by atoms with Crippen LogP contribution in [-0.2, 0) is 14.3 Å². The minimum Gasteiger partial charge on any atom is -0.267 e. The number of halogens is 3. The quantitative estimate of drug-likeness (QED) is 0.447. The molecule has 0 aliphatic heterocycles. The summed E-state index contributed by atoms with van der Waals surface area (Å²) in [7, 11) is -4.89. The van der Waals surface area contributed by atoms with Crippen LogP contribution in [0.2, 0.25) is 0 Å². The van der Waals surface area contributed by atoms with E-state index in [9.17, 15) is 21.6 Å². The number of alkyl halides is 3. The van der Waals surface area contributed by atoms with Crippen molar-refractivity contribution in [2.24, 2.45) is 0 Å². The molecule has 0 unspecified atom stereocenters. The summed E-state index contributed by atoms with van der Waals surface area (Å²) in [5.74, 6) is 0. The van der Waals surface area contributed by atoms with Crippen LogP contribution < -0.4 is 0 Å². The monoisotopic (exact) mass is 179 g/mol. The summed E-state index contributed by atoms with van der Waals surface area (Å²) in [5, 5.41) is 0. The van der Waals surface area contributed by atoms with E-state index < -0.39 is 15.6 Å². The molecule has 7 heteroatoms. The van der Waals surface area contributed by atoms with Crippen molar-refractivity contribution in [1.82, 2.24) is 0 Å². The fourth-order valence-electron chi connectivity index (χ4n) is 0.0945. The first kappa shape index (κ1) is 12.4. The molecule has 0 radical (unpaired) electrons. The molecule has 3 nitrogen and oxygen atoms in total. The van der Waals surface area contributed by atoms with Gasteiger partial charge in [0.15, 0.2) is 0 Å². The molecular formula is C3H7F3O3S. The molecule has 0 saturated heterocycles. The van der Waals surface area contributed by atoms with Gasteiger partial charge in [-0.15, -0.1) is 0 Å². The molecule has 64 valence electrons. The Kier molecular flexibility index (Phi) is 3.96. The molecule has 0 aromatic carbocycles. The van der Waals surface area contributed by atoms with Gasteiger partial charge in [0, 0.05) is 0 Å². The molecule has 0 saturated carbocycles. The van der Waals surface area contributed by atoms with E-state index in [1.165, 1.54) is 0 Å². The van der Waals surface area contributed by atoms with Gasteiger partial charge < -0.3 is 0 Å². The molecule has 0 N–H and O–H groups in total. The van der Waals surface area contributed by atoms with E-state index in [-0.39, 0.29) is 7.43 Å². The molecule has 0 aromatic rings. The van der Waals surface area contributed by atoms with Gasteiger partial charge in [0.1, 0.15) is 0 Å².